The number of aromatic nitrogens is 3. The zero-order valence-electron chi connectivity index (χ0n) is 53.6. The molecule has 0 bridgehead atoms. The highest BCUT2D eigenvalue weighted by molar-refractivity contribution is 8.00. The number of nitrogens with zero attached hydrogens (tertiary/aromatic N) is 5. The van der Waals surface area contributed by atoms with E-state index < -0.39 is 48.1 Å². The van der Waals surface area contributed by atoms with Gasteiger partial charge >= 0.3 is 18.0 Å². The minimum atomic E-state index is -0.772. The molecule has 5 N–H and O–H groups in total. The number of hydrogen-bond acceptors (Lipinski definition) is 24. The summed E-state index contributed by atoms with van der Waals surface area (Å²) in [6.45, 7) is 9.15. The number of unbranched alkanes of at least 4 members (excludes halogenated alkanes) is 1. The number of methoxy groups -OCH3 is 2. The summed E-state index contributed by atoms with van der Waals surface area (Å²) in [6.07, 6.45) is 6.48. The molecular weight excluding hydrogens is 1220 g/mol. The van der Waals surface area contributed by atoms with E-state index in [2.05, 4.69) is 25.8 Å². The van der Waals surface area contributed by atoms with Gasteiger partial charge < -0.3 is 73.4 Å². The maximum absolute atomic E-state index is 12.8. The third-order valence-corrected chi connectivity index (χ3v) is 17.0. The first-order valence-corrected chi connectivity index (χ1v) is 33.0. The van der Waals surface area contributed by atoms with Crippen LogP contribution in [0.3, 0.4) is 0 Å². The van der Waals surface area contributed by atoms with Crippen LogP contribution in [-0.4, -0.2) is 206 Å². The van der Waals surface area contributed by atoms with E-state index >= 15 is 0 Å². The largest absolute Gasteiger partial charge is 0.463 e. The Kier molecular flexibility index (Phi) is 32.4. The predicted octanol–water partition coefficient (Wildman–Crippen LogP) is 5.96. The number of benzene rings is 1. The van der Waals surface area contributed by atoms with Crippen molar-refractivity contribution in [3.8, 4) is 17.1 Å². The molecule has 2 saturated heterocycles. The Labute approximate surface area is 540 Å². The molecule has 1 aliphatic carbocycles. The molecule has 0 spiro atoms. The topological polar surface area (TPSA) is 345 Å². The lowest BCUT2D eigenvalue weighted by Crippen LogP contribution is -2.37. The zero-order chi connectivity index (χ0) is 66.2. The standard InChI is InChI=1S/C36H46N6O10.C28H46N2O9S/c1-3-25(22-43)50-30(47-2)23-49-29(45)13-7-12-28(44)37-14-4-5-15-39-36(46)51-26-10-6-9-24(21-26)33-40-31-27-11-8-16-38-35(27)52-32(31)34(41-33)42-17-19-48-20-18-42;1-4-21(39-27(17-31)37-3)18-38-26(35)8-6-7-24(33)29-13-14-40-23-15-25(34)30(28(23)36)16-19-9-11-20(12-10-19)22(32)5-2/h6,8-11,16,21,25,30,43H,3-5,7,12-15,17-20,22-23H2,1-2H3,(H,37,44)(H,39,46);19-21,23,27,31H,4-18H2,1-3H3,(H,29,33). The molecule has 5 unspecified atom stereocenters. The van der Waals surface area contributed by atoms with E-state index in [1.54, 1.807) is 24.4 Å². The van der Waals surface area contributed by atoms with Crippen molar-refractivity contribution in [2.45, 2.75) is 154 Å². The normalized spacial score (nSPS) is 17.9. The van der Waals surface area contributed by atoms with E-state index in [4.69, 9.17) is 57.4 Å². The van der Waals surface area contributed by atoms with Gasteiger partial charge in [-0.25, -0.2) is 19.7 Å². The number of morpholine rings is 1. The summed E-state index contributed by atoms with van der Waals surface area (Å²) in [4.78, 5) is 116. The van der Waals surface area contributed by atoms with Crippen LogP contribution in [-0.2, 0) is 66.7 Å². The summed E-state index contributed by atoms with van der Waals surface area (Å²) in [6, 6.07) is 10.8. The number of thioether (sulfide) groups is 1. The number of anilines is 1. The van der Waals surface area contributed by atoms with E-state index in [1.807, 2.05) is 39.0 Å². The van der Waals surface area contributed by atoms with E-state index in [1.165, 1.54) is 30.9 Å². The molecule has 28 heteroatoms. The Morgan fingerprint density at radius 2 is 1.41 bits per heavy atom. The van der Waals surface area contributed by atoms with Crippen LogP contribution in [0, 0.1) is 11.8 Å². The van der Waals surface area contributed by atoms with E-state index in [-0.39, 0.29) is 94.0 Å². The monoisotopic (exact) mass is 1310 g/mol. The van der Waals surface area contributed by atoms with Crippen LogP contribution in [0.2, 0.25) is 0 Å². The minimum absolute atomic E-state index is 0.0412. The van der Waals surface area contributed by atoms with Gasteiger partial charge in [0.05, 0.1) is 49.3 Å². The number of aliphatic hydroxyl groups excluding tert-OH is 2. The fraction of sp³-hybridized carbons (Fsp3) is 0.641. The van der Waals surface area contributed by atoms with Crippen molar-refractivity contribution in [2.75, 3.05) is 104 Å². The molecule has 508 valence electrons. The number of rotatable bonds is 38. The maximum atomic E-state index is 12.8. The van der Waals surface area contributed by atoms with Crippen molar-refractivity contribution < 1.29 is 90.9 Å². The van der Waals surface area contributed by atoms with Crippen LogP contribution >= 0.6 is 11.8 Å². The summed E-state index contributed by atoms with van der Waals surface area (Å²) in [5.74, 6) is 1.07. The number of amides is 5. The molecule has 5 heterocycles. The van der Waals surface area contributed by atoms with E-state index in [0.717, 1.165) is 31.1 Å². The lowest BCUT2D eigenvalue weighted by molar-refractivity contribution is -0.194. The van der Waals surface area contributed by atoms with E-state index in [0.29, 0.717) is 149 Å². The average molecular weight is 1310 g/mol. The molecule has 0 radical (unpaired) electrons. The van der Waals surface area contributed by atoms with Crippen LogP contribution in [0.4, 0.5) is 10.6 Å². The van der Waals surface area contributed by atoms with Gasteiger partial charge in [0.15, 0.2) is 29.8 Å². The fourth-order valence-corrected chi connectivity index (χ4v) is 11.4. The number of Topliss-reactive ketones (excluding diaryl/α,β-unsaturated/α-hetero) is 1. The number of ether oxygens (including phenoxy) is 8. The Balaban J connectivity index is 0.000000303. The van der Waals surface area contributed by atoms with E-state index in [9.17, 15) is 43.5 Å². The molecule has 4 aromatic rings. The smallest absolute Gasteiger partial charge is 0.412 e. The number of ketones is 1. The van der Waals surface area contributed by atoms with Crippen molar-refractivity contribution in [3.05, 3.63) is 42.6 Å². The van der Waals surface area contributed by atoms with Crippen LogP contribution in [0.5, 0.6) is 5.75 Å². The van der Waals surface area contributed by atoms with Gasteiger partial charge in [0.25, 0.3) is 0 Å². The van der Waals surface area contributed by atoms with Gasteiger partial charge in [0.2, 0.25) is 29.3 Å². The van der Waals surface area contributed by atoms with Crippen molar-refractivity contribution >= 4 is 87.2 Å². The molecule has 7 rings (SSSR count). The Morgan fingerprint density at radius 3 is 2.07 bits per heavy atom. The predicted molar refractivity (Wildman–Crippen MR) is 339 cm³/mol. The van der Waals surface area contributed by atoms with Gasteiger partial charge in [0, 0.05) is 115 Å². The highest BCUT2D eigenvalue weighted by Crippen LogP contribution is 2.36. The van der Waals surface area contributed by atoms with Gasteiger partial charge in [-0.15, -0.1) is 11.8 Å². The molecular formula is C64H92N8O19S. The first-order chi connectivity index (χ1) is 44.6. The second-order valence-corrected chi connectivity index (χ2v) is 23.7. The molecule has 27 nitrogen and oxygen atoms in total. The van der Waals surface area contributed by atoms with Crippen LogP contribution in [0.1, 0.15) is 124 Å². The van der Waals surface area contributed by atoms with Crippen molar-refractivity contribution in [2.24, 2.45) is 11.8 Å². The Morgan fingerprint density at radius 1 is 0.750 bits per heavy atom. The molecule has 3 aromatic heterocycles. The number of imide groups is 1. The van der Waals surface area contributed by atoms with Gasteiger partial charge in [-0.05, 0) is 94.4 Å². The number of carbonyl (C=O) groups is 8. The van der Waals surface area contributed by atoms with Crippen LogP contribution in [0.25, 0.3) is 33.6 Å². The van der Waals surface area contributed by atoms with Crippen LogP contribution < -0.4 is 25.6 Å². The van der Waals surface area contributed by atoms with Crippen molar-refractivity contribution in [3.63, 3.8) is 0 Å². The molecule has 92 heavy (non-hydrogen) atoms. The molecule has 2 aliphatic heterocycles. The Hall–Kier alpha value is -6.92. The van der Waals surface area contributed by atoms with Gasteiger partial charge in [-0.2, -0.15) is 0 Å². The highest BCUT2D eigenvalue weighted by Gasteiger charge is 2.40. The molecule has 1 saturated carbocycles. The lowest BCUT2D eigenvalue weighted by Gasteiger charge is -2.30. The number of likely N-dealkylation sites (tertiary alicyclic amines) is 1. The summed E-state index contributed by atoms with van der Waals surface area (Å²) in [7, 11) is 2.84. The summed E-state index contributed by atoms with van der Waals surface area (Å²) < 4.78 is 48.6. The second-order valence-electron chi connectivity index (χ2n) is 22.4. The zero-order valence-corrected chi connectivity index (χ0v) is 54.4. The van der Waals surface area contributed by atoms with Crippen molar-refractivity contribution in [1.29, 1.82) is 0 Å². The number of aliphatic hydroxyl groups is 2. The summed E-state index contributed by atoms with van der Waals surface area (Å²) >= 11 is 1.38. The van der Waals surface area contributed by atoms with Gasteiger partial charge in [0.1, 0.15) is 30.3 Å². The second kappa shape index (κ2) is 40.2. The third kappa shape index (κ3) is 24.2. The average Bonchev–Trinajstić information content (AvgIpc) is 1.58. The number of fused-ring (bicyclic) bond motifs is 3. The molecule has 3 fully saturated rings. The highest BCUT2D eigenvalue weighted by atomic mass is 32.2. The van der Waals surface area contributed by atoms with Gasteiger partial charge in [-0.3, -0.25) is 38.5 Å². The first-order valence-electron chi connectivity index (χ1n) is 32.0. The number of esters is 2. The third-order valence-electron chi connectivity index (χ3n) is 15.8. The van der Waals surface area contributed by atoms with Gasteiger partial charge in [-0.1, -0.05) is 32.9 Å². The van der Waals surface area contributed by atoms with Crippen LogP contribution in [0.15, 0.2) is 47.0 Å². The molecule has 3 aliphatic rings. The number of carbonyl (C=O) groups excluding carboxylic acids is 8. The number of nitrogens with one attached hydrogen (secondary N) is 3. The maximum Gasteiger partial charge on any atom is 0.412 e. The van der Waals surface area contributed by atoms with Crippen molar-refractivity contribution in [1.82, 2.24) is 35.8 Å². The SMILES string of the molecule is CCC(=O)C1CCC(CN2C(=O)CC(SCCNC(=O)CCCC(=O)OCC(CC)OC(CO)OC)C2=O)CC1.CCC(CO)OC(COC(=O)CCCC(=O)NCCCCNC(=O)Oc1cccc(-c2nc(N3CCOCC3)c3oc4ncccc4c3n2)c1)OC. The lowest BCUT2D eigenvalue weighted by atomic mass is 9.79. The summed E-state index contributed by atoms with van der Waals surface area (Å²) in [5.41, 5.74) is 2.36. The molecule has 1 aromatic carbocycles. The first kappa shape index (κ1) is 74.1. The molecule has 5 amide bonds. The summed E-state index contributed by atoms with van der Waals surface area (Å²) in [5, 5.41) is 27.1. The number of furan rings is 1. The number of pyridine rings is 1. The number of hydrogen-bond donors (Lipinski definition) is 5. The fourth-order valence-electron chi connectivity index (χ4n) is 10.4. The minimum Gasteiger partial charge on any atom is -0.463 e. The quantitative estimate of drug-likeness (QED) is 0.0150. The Bertz CT molecular complexity index is 2990. The molecule has 5 atom stereocenters.